The van der Waals surface area contributed by atoms with Crippen LogP contribution in [0.15, 0.2) is 76.0 Å². The molecule has 0 aliphatic rings. The van der Waals surface area contributed by atoms with Gasteiger partial charge in [-0.1, -0.05) is 18.2 Å². The van der Waals surface area contributed by atoms with Crippen molar-refractivity contribution in [2.45, 2.75) is 20.4 Å². The number of aromatic nitrogens is 2. The van der Waals surface area contributed by atoms with Gasteiger partial charge in [0, 0.05) is 11.1 Å². The summed E-state index contributed by atoms with van der Waals surface area (Å²) in [6, 6.07) is 16.2. The smallest absolute Gasteiger partial charge is 0.265 e. The van der Waals surface area contributed by atoms with E-state index in [0.717, 1.165) is 16.6 Å². The van der Waals surface area contributed by atoms with Crippen LogP contribution in [0.5, 0.6) is 0 Å². The minimum atomic E-state index is -0.300. The first-order valence-corrected chi connectivity index (χ1v) is 11.8. The molecule has 1 aromatic carbocycles. The van der Waals surface area contributed by atoms with Gasteiger partial charge in [-0.3, -0.25) is 9.59 Å². The Kier molecular flexibility index (Phi) is 6.15. The minimum Gasteiger partial charge on any atom is -0.467 e. The Balaban J connectivity index is 1.47. The van der Waals surface area contributed by atoms with Crippen molar-refractivity contribution in [2.24, 2.45) is 0 Å². The summed E-state index contributed by atoms with van der Waals surface area (Å²) in [4.78, 5) is 38.4. The maximum absolute atomic E-state index is 13.7. The normalized spacial score (nSPS) is 11.0. The molecule has 4 heterocycles. The summed E-state index contributed by atoms with van der Waals surface area (Å²) in [7, 11) is 0. The number of carbonyl (C=O) groups excluding carboxylic acids is 2. The van der Waals surface area contributed by atoms with Crippen molar-refractivity contribution in [3.8, 4) is 11.6 Å². The van der Waals surface area contributed by atoms with Crippen LogP contribution in [-0.2, 0) is 11.3 Å². The number of benzene rings is 1. The fourth-order valence-electron chi connectivity index (χ4n) is 3.89. The summed E-state index contributed by atoms with van der Waals surface area (Å²) in [5.74, 6) is 1.04. The van der Waals surface area contributed by atoms with Crippen LogP contribution in [0.3, 0.4) is 0 Å². The molecule has 5 rings (SSSR count). The van der Waals surface area contributed by atoms with Gasteiger partial charge in [-0.2, -0.15) is 0 Å². The van der Waals surface area contributed by atoms with Crippen molar-refractivity contribution < 1.29 is 18.4 Å². The number of thiophene rings is 1. The summed E-state index contributed by atoms with van der Waals surface area (Å²) in [6.07, 6.45) is 3.11. The number of hydrogen-bond donors (Lipinski definition) is 1. The highest BCUT2D eigenvalue weighted by atomic mass is 32.1. The van der Waals surface area contributed by atoms with Gasteiger partial charge in [0.05, 0.1) is 29.6 Å². The van der Waals surface area contributed by atoms with Gasteiger partial charge >= 0.3 is 0 Å². The highest BCUT2D eigenvalue weighted by Gasteiger charge is 2.26. The van der Waals surface area contributed by atoms with Crippen molar-refractivity contribution >= 4 is 39.1 Å². The third-order valence-corrected chi connectivity index (χ3v) is 6.69. The highest BCUT2D eigenvalue weighted by molar-refractivity contribution is 7.20. The van der Waals surface area contributed by atoms with Gasteiger partial charge in [0.15, 0.2) is 11.6 Å². The molecule has 0 radical (unpaired) electrons. The number of furan rings is 2. The maximum Gasteiger partial charge on any atom is 0.265 e. The number of anilines is 1. The van der Waals surface area contributed by atoms with Crippen LogP contribution in [0.2, 0.25) is 0 Å². The number of para-hydroxylation sites is 1. The molecule has 0 saturated carbocycles. The molecule has 1 N–H and O–H groups in total. The zero-order valence-corrected chi connectivity index (χ0v) is 20.0. The number of nitrogens with zero attached hydrogens (tertiary/aromatic N) is 3. The lowest BCUT2D eigenvalue weighted by atomic mass is 10.1. The third-order valence-electron chi connectivity index (χ3n) is 5.51. The largest absolute Gasteiger partial charge is 0.467 e. The zero-order valence-electron chi connectivity index (χ0n) is 19.1. The predicted molar refractivity (Wildman–Crippen MR) is 133 cm³/mol. The van der Waals surface area contributed by atoms with E-state index in [0.29, 0.717) is 32.7 Å². The van der Waals surface area contributed by atoms with E-state index in [9.17, 15) is 9.59 Å². The van der Waals surface area contributed by atoms with E-state index in [-0.39, 0.29) is 24.9 Å². The highest BCUT2D eigenvalue weighted by Crippen LogP contribution is 2.34. The van der Waals surface area contributed by atoms with Crippen LogP contribution in [0.25, 0.3) is 21.8 Å². The average molecular weight is 487 g/mol. The van der Waals surface area contributed by atoms with E-state index in [1.807, 2.05) is 32.0 Å². The number of aryl methyl sites for hydroxylation is 2. The lowest BCUT2D eigenvalue weighted by Crippen LogP contribution is -2.37. The number of carbonyl (C=O) groups is 2. The fourth-order valence-corrected chi connectivity index (χ4v) is 5.09. The SMILES string of the molecule is Cc1nc(-c2ccco2)nc2sc(C(=O)N(CC(=O)Nc3ccccc3)Cc3ccco3)c(C)c12. The Morgan fingerprint density at radius 2 is 1.74 bits per heavy atom. The first-order chi connectivity index (χ1) is 17.0. The predicted octanol–water partition coefficient (Wildman–Crippen LogP) is 5.44. The molecular weight excluding hydrogens is 464 g/mol. The van der Waals surface area contributed by atoms with Crippen molar-refractivity contribution in [3.05, 3.63) is 89.0 Å². The standard InChI is InChI=1S/C26H22N4O4S/c1-16-22-17(2)27-24(20-11-7-13-34-20)29-25(22)35-23(16)26(32)30(14-19-10-6-12-33-19)15-21(31)28-18-8-4-3-5-9-18/h3-13H,14-15H2,1-2H3,(H,28,31). The molecule has 0 unspecified atom stereocenters. The van der Waals surface area contributed by atoms with Gasteiger partial charge in [0.1, 0.15) is 17.1 Å². The molecule has 35 heavy (non-hydrogen) atoms. The molecule has 0 aliphatic heterocycles. The van der Waals surface area contributed by atoms with Crippen LogP contribution in [-0.4, -0.2) is 33.2 Å². The summed E-state index contributed by atoms with van der Waals surface area (Å²) < 4.78 is 10.9. The molecule has 2 amide bonds. The number of rotatable bonds is 7. The Hall–Kier alpha value is -4.24. The van der Waals surface area contributed by atoms with E-state index < -0.39 is 0 Å². The summed E-state index contributed by atoms with van der Waals surface area (Å²) >= 11 is 1.28. The quantitative estimate of drug-likeness (QED) is 0.329. The van der Waals surface area contributed by atoms with Crippen molar-refractivity contribution in [1.82, 2.24) is 14.9 Å². The molecular formula is C26H22N4O4S. The third kappa shape index (κ3) is 4.71. The van der Waals surface area contributed by atoms with Gasteiger partial charge in [-0.25, -0.2) is 9.97 Å². The molecule has 8 nitrogen and oxygen atoms in total. The molecule has 0 atom stereocenters. The van der Waals surface area contributed by atoms with Gasteiger partial charge < -0.3 is 19.1 Å². The molecule has 0 bridgehead atoms. The van der Waals surface area contributed by atoms with E-state index in [1.54, 1.807) is 48.9 Å². The molecule has 9 heteroatoms. The van der Waals surface area contributed by atoms with Gasteiger partial charge in [-0.15, -0.1) is 11.3 Å². The first kappa shape index (κ1) is 22.5. The number of hydrogen-bond acceptors (Lipinski definition) is 7. The molecule has 5 aromatic rings. The van der Waals surface area contributed by atoms with Gasteiger partial charge in [0.25, 0.3) is 5.91 Å². The molecule has 176 valence electrons. The van der Waals surface area contributed by atoms with Crippen LogP contribution in [0, 0.1) is 13.8 Å². The lowest BCUT2D eigenvalue weighted by molar-refractivity contribution is -0.117. The van der Waals surface area contributed by atoms with Gasteiger partial charge in [0.2, 0.25) is 5.91 Å². The van der Waals surface area contributed by atoms with E-state index in [1.165, 1.54) is 16.2 Å². The Bertz CT molecular complexity index is 1480. The molecule has 0 spiro atoms. The van der Waals surface area contributed by atoms with Crippen LogP contribution in [0.4, 0.5) is 5.69 Å². The molecule has 0 aliphatic carbocycles. The van der Waals surface area contributed by atoms with Crippen molar-refractivity contribution in [3.63, 3.8) is 0 Å². The number of fused-ring (bicyclic) bond motifs is 1. The summed E-state index contributed by atoms with van der Waals surface area (Å²) in [5.41, 5.74) is 2.21. The van der Waals surface area contributed by atoms with Crippen molar-refractivity contribution in [2.75, 3.05) is 11.9 Å². The summed E-state index contributed by atoms with van der Waals surface area (Å²) in [5, 5.41) is 3.67. The fraction of sp³-hybridized carbons (Fsp3) is 0.154. The second-order valence-corrected chi connectivity index (χ2v) is 9.00. The first-order valence-electron chi connectivity index (χ1n) is 11.0. The topological polar surface area (TPSA) is 101 Å². The molecule has 0 saturated heterocycles. The van der Waals surface area contributed by atoms with Crippen LogP contribution >= 0.6 is 11.3 Å². The van der Waals surface area contributed by atoms with E-state index in [4.69, 9.17) is 8.83 Å². The minimum absolute atomic E-state index is 0.135. The van der Waals surface area contributed by atoms with Crippen LogP contribution < -0.4 is 5.32 Å². The Morgan fingerprint density at radius 3 is 2.46 bits per heavy atom. The van der Waals surface area contributed by atoms with E-state index >= 15 is 0 Å². The second-order valence-electron chi connectivity index (χ2n) is 8.00. The lowest BCUT2D eigenvalue weighted by Gasteiger charge is -2.21. The summed E-state index contributed by atoms with van der Waals surface area (Å²) in [6.45, 7) is 3.79. The number of nitrogens with one attached hydrogen (secondary N) is 1. The monoisotopic (exact) mass is 486 g/mol. The van der Waals surface area contributed by atoms with Gasteiger partial charge in [-0.05, 0) is 55.8 Å². The maximum atomic E-state index is 13.7. The van der Waals surface area contributed by atoms with Crippen LogP contribution in [0.1, 0.15) is 26.7 Å². The Morgan fingerprint density at radius 1 is 0.971 bits per heavy atom. The second kappa shape index (κ2) is 9.55. The average Bonchev–Trinajstić information content (AvgIpc) is 3.61. The Labute approximate surface area is 205 Å². The zero-order chi connectivity index (χ0) is 24.4. The van der Waals surface area contributed by atoms with E-state index in [2.05, 4.69) is 15.3 Å². The molecule has 0 fully saturated rings. The number of amides is 2. The molecule has 4 aromatic heterocycles. The van der Waals surface area contributed by atoms with Crippen molar-refractivity contribution in [1.29, 1.82) is 0 Å².